The van der Waals surface area contributed by atoms with Crippen LogP contribution in [-0.2, 0) is 12.7 Å². The molecule has 6 nitrogen and oxygen atoms in total. The minimum atomic E-state index is -4.93. The van der Waals surface area contributed by atoms with E-state index < -0.39 is 23.1 Å². The lowest BCUT2D eigenvalue weighted by molar-refractivity contribution is -0.154. The van der Waals surface area contributed by atoms with Gasteiger partial charge in [-0.3, -0.25) is 9.69 Å². The summed E-state index contributed by atoms with van der Waals surface area (Å²) in [6.45, 7) is 0.717. The van der Waals surface area contributed by atoms with Gasteiger partial charge >= 0.3 is 6.18 Å². The smallest absolute Gasteiger partial charge is 0.453 e. The number of rotatable bonds is 4. The molecule has 0 unspecified atom stereocenters. The van der Waals surface area contributed by atoms with Gasteiger partial charge in [0.1, 0.15) is 29.6 Å². The summed E-state index contributed by atoms with van der Waals surface area (Å²) in [6.07, 6.45) is -2.90. The van der Waals surface area contributed by atoms with Crippen molar-refractivity contribution in [2.75, 3.05) is 13.8 Å². The molecule has 5 rings (SSSR count). The van der Waals surface area contributed by atoms with E-state index >= 15 is 0 Å². The molecule has 9 heteroatoms. The van der Waals surface area contributed by atoms with Crippen molar-refractivity contribution < 1.29 is 31.8 Å². The number of hydrogen-bond acceptors (Lipinski definition) is 6. The fraction of sp³-hybridized carbons (Fsp3) is 0.318. The summed E-state index contributed by atoms with van der Waals surface area (Å²) in [6, 6.07) is 9.21. The van der Waals surface area contributed by atoms with E-state index in [0.29, 0.717) is 36.4 Å². The number of hydrogen-bond donors (Lipinski definition) is 0. The van der Waals surface area contributed by atoms with Crippen LogP contribution in [0.5, 0.6) is 23.0 Å². The SMILES string of the molecule is COc1ccc(Oc2c(C(F)(F)F)oc3c4c(ccc3c2=O)OCN(C2CC2)C4)cc1. The Labute approximate surface area is 174 Å². The van der Waals surface area contributed by atoms with Gasteiger partial charge in [0.2, 0.25) is 11.2 Å². The van der Waals surface area contributed by atoms with Crippen molar-refractivity contribution in [1.82, 2.24) is 4.90 Å². The molecule has 2 aromatic carbocycles. The van der Waals surface area contributed by atoms with E-state index in [2.05, 4.69) is 0 Å². The quantitative estimate of drug-likeness (QED) is 0.582. The van der Waals surface area contributed by atoms with Crippen molar-refractivity contribution >= 4 is 11.0 Å². The van der Waals surface area contributed by atoms with E-state index in [1.54, 1.807) is 6.07 Å². The molecule has 2 aliphatic rings. The molecule has 1 saturated carbocycles. The van der Waals surface area contributed by atoms with E-state index in [-0.39, 0.29) is 16.7 Å². The second-order valence-corrected chi connectivity index (χ2v) is 7.54. The van der Waals surface area contributed by atoms with Gasteiger partial charge in [-0.15, -0.1) is 0 Å². The van der Waals surface area contributed by atoms with E-state index in [0.717, 1.165) is 12.8 Å². The Morgan fingerprint density at radius 3 is 2.42 bits per heavy atom. The van der Waals surface area contributed by atoms with Crippen LogP contribution in [-0.4, -0.2) is 24.8 Å². The van der Waals surface area contributed by atoms with Gasteiger partial charge in [-0.2, -0.15) is 13.2 Å². The average molecular weight is 433 g/mol. The van der Waals surface area contributed by atoms with Crippen LogP contribution in [0.4, 0.5) is 13.2 Å². The zero-order valence-electron chi connectivity index (χ0n) is 16.5. The standard InChI is InChI=1S/C22H18F3NO5/c1-28-13-4-6-14(7-5-13)30-20-18(27)15-8-9-17-16(10-26(11-29-17)12-2-3-12)19(15)31-21(20)22(23,24)25/h4-9,12H,2-3,10-11H2,1H3. The summed E-state index contributed by atoms with van der Waals surface area (Å²) in [4.78, 5) is 15.1. The molecule has 1 aliphatic heterocycles. The Hall–Kier alpha value is -3.20. The van der Waals surface area contributed by atoms with Gasteiger partial charge < -0.3 is 18.6 Å². The van der Waals surface area contributed by atoms with Gasteiger partial charge in [0.25, 0.3) is 5.76 Å². The molecule has 0 saturated heterocycles. The van der Waals surface area contributed by atoms with Crippen LogP contribution in [0.15, 0.2) is 45.6 Å². The first kappa shape index (κ1) is 19.7. The monoisotopic (exact) mass is 433 g/mol. The molecule has 0 amide bonds. The number of nitrogens with zero attached hydrogens (tertiary/aromatic N) is 1. The Morgan fingerprint density at radius 1 is 1.06 bits per heavy atom. The normalized spacial score (nSPS) is 16.6. The number of alkyl halides is 3. The first-order chi connectivity index (χ1) is 14.8. The first-order valence-electron chi connectivity index (χ1n) is 9.74. The van der Waals surface area contributed by atoms with Crippen molar-refractivity contribution in [2.45, 2.75) is 31.6 Å². The van der Waals surface area contributed by atoms with Crippen LogP contribution in [0.2, 0.25) is 0 Å². The van der Waals surface area contributed by atoms with Crippen LogP contribution in [0.25, 0.3) is 11.0 Å². The molecule has 31 heavy (non-hydrogen) atoms. The summed E-state index contributed by atoms with van der Waals surface area (Å²) in [5.74, 6) is -1.40. The molecule has 0 N–H and O–H groups in total. The van der Waals surface area contributed by atoms with Crippen molar-refractivity contribution in [3.05, 3.63) is 57.9 Å². The number of fused-ring (bicyclic) bond motifs is 3. The van der Waals surface area contributed by atoms with Gasteiger partial charge in [-0.1, -0.05) is 0 Å². The molecular weight excluding hydrogens is 415 g/mol. The molecule has 2 heterocycles. The minimum absolute atomic E-state index is 0.0107. The highest BCUT2D eigenvalue weighted by Crippen LogP contribution is 2.42. The third kappa shape index (κ3) is 3.59. The third-order valence-electron chi connectivity index (χ3n) is 5.43. The molecular formula is C22H18F3NO5. The Morgan fingerprint density at radius 2 is 1.77 bits per heavy atom. The highest BCUT2D eigenvalue weighted by Gasteiger charge is 2.41. The molecule has 0 spiro atoms. The van der Waals surface area contributed by atoms with Gasteiger partial charge in [-0.05, 0) is 49.2 Å². The molecule has 1 fully saturated rings. The molecule has 1 aromatic heterocycles. The maximum absolute atomic E-state index is 13.9. The third-order valence-corrected chi connectivity index (χ3v) is 5.43. The van der Waals surface area contributed by atoms with Crippen LogP contribution in [0.3, 0.4) is 0 Å². The minimum Gasteiger partial charge on any atom is -0.497 e. The van der Waals surface area contributed by atoms with Crippen LogP contribution in [0.1, 0.15) is 24.2 Å². The Bertz CT molecular complexity index is 1200. The van der Waals surface area contributed by atoms with E-state index in [1.165, 1.54) is 37.4 Å². The maximum atomic E-state index is 13.9. The number of benzene rings is 2. The highest BCUT2D eigenvalue weighted by molar-refractivity contribution is 5.84. The fourth-order valence-corrected chi connectivity index (χ4v) is 3.68. The van der Waals surface area contributed by atoms with Gasteiger partial charge in [0.05, 0.1) is 18.1 Å². The first-order valence-corrected chi connectivity index (χ1v) is 9.74. The molecule has 0 bridgehead atoms. The topological polar surface area (TPSA) is 61.1 Å². The second-order valence-electron chi connectivity index (χ2n) is 7.54. The maximum Gasteiger partial charge on any atom is 0.453 e. The van der Waals surface area contributed by atoms with Crippen LogP contribution >= 0.6 is 0 Å². The predicted molar refractivity (Wildman–Crippen MR) is 105 cm³/mol. The lowest BCUT2D eigenvalue weighted by Crippen LogP contribution is -2.34. The lowest BCUT2D eigenvalue weighted by Gasteiger charge is -2.29. The Balaban J connectivity index is 1.65. The molecule has 162 valence electrons. The highest BCUT2D eigenvalue weighted by atomic mass is 19.4. The zero-order valence-corrected chi connectivity index (χ0v) is 16.5. The van der Waals surface area contributed by atoms with Crippen molar-refractivity contribution in [3.8, 4) is 23.0 Å². The second kappa shape index (κ2) is 7.19. The summed E-state index contributed by atoms with van der Waals surface area (Å²) in [5, 5.41) is 0.0107. The summed E-state index contributed by atoms with van der Waals surface area (Å²) in [7, 11) is 1.46. The van der Waals surface area contributed by atoms with E-state index in [1.807, 2.05) is 4.90 Å². The van der Waals surface area contributed by atoms with Crippen molar-refractivity contribution in [3.63, 3.8) is 0 Å². The lowest BCUT2D eigenvalue weighted by atomic mass is 10.1. The number of ether oxygens (including phenoxy) is 3. The van der Waals surface area contributed by atoms with E-state index in [9.17, 15) is 18.0 Å². The molecule has 3 aromatic rings. The van der Waals surface area contributed by atoms with Gasteiger partial charge in [-0.25, -0.2) is 0 Å². The zero-order chi connectivity index (χ0) is 21.8. The summed E-state index contributed by atoms with van der Waals surface area (Å²) < 4.78 is 63.0. The molecule has 0 atom stereocenters. The largest absolute Gasteiger partial charge is 0.497 e. The summed E-state index contributed by atoms with van der Waals surface area (Å²) >= 11 is 0. The van der Waals surface area contributed by atoms with Gasteiger partial charge in [0.15, 0.2) is 0 Å². The van der Waals surface area contributed by atoms with Crippen LogP contribution in [0, 0.1) is 0 Å². The van der Waals surface area contributed by atoms with Gasteiger partial charge in [0, 0.05) is 12.6 Å². The predicted octanol–water partition coefficient (Wildman–Crippen LogP) is 4.93. The number of methoxy groups -OCH3 is 1. The average Bonchev–Trinajstić information content (AvgIpc) is 3.60. The molecule has 0 radical (unpaired) electrons. The number of halogens is 3. The van der Waals surface area contributed by atoms with E-state index in [4.69, 9.17) is 18.6 Å². The molecule has 1 aliphatic carbocycles. The van der Waals surface area contributed by atoms with Crippen molar-refractivity contribution in [1.29, 1.82) is 0 Å². The fourth-order valence-electron chi connectivity index (χ4n) is 3.68. The Kier molecular flexibility index (Phi) is 4.58. The van der Waals surface area contributed by atoms with Crippen molar-refractivity contribution in [2.24, 2.45) is 0 Å². The van der Waals surface area contributed by atoms with Crippen LogP contribution < -0.4 is 19.6 Å². The summed E-state index contributed by atoms with van der Waals surface area (Å²) in [5.41, 5.74) is -0.577.